The largest absolute Gasteiger partial charge is 0.303 e. The smallest absolute Gasteiger partial charge is 0.125 e. The van der Waals surface area contributed by atoms with Crippen molar-refractivity contribution in [3.63, 3.8) is 0 Å². The molecular formula is C15H22O2. The van der Waals surface area contributed by atoms with Crippen molar-refractivity contribution in [2.75, 3.05) is 0 Å². The van der Waals surface area contributed by atoms with Crippen molar-refractivity contribution in [3.05, 3.63) is 0 Å². The lowest BCUT2D eigenvalue weighted by Crippen LogP contribution is -2.28. The molecule has 6 unspecified atom stereocenters. The third-order valence-corrected chi connectivity index (χ3v) is 5.75. The zero-order chi connectivity index (χ0) is 12.0. The maximum Gasteiger partial charge on any atom is 0.125 e. The fourth-order valence-electron chi connectivity index (χ4n) is 5.10. The molecule has 3 fully saturated rings. The third-order valence-electron chi connectivity index (χ3n) is 5.75. The lowest BCUT2D eigenvalue weighted by atomic mass is 9.70. The number of fused-ring (bicyclic) bond motifs is 5. The molecule has 0 amide bonds. The average Bonchev–Trinajstić information content (AvgIpc) is 2.61. The standard InChI is InChI=1S/C15H22O2/c1-15(9-17)6-11-5-12(7-15)14-4-10(8-16)2-3-13(11)14/h8-14H,2-7H2,1H3. The maximum atomic E-state index is 11.3. The van der Waals surface area contributed by atoms with Gasteiger partial charge in [0.2, 0.25) is 0 Å². The van der Waals surface area contributed by atoms with Gasteiger partial charge in [0.25, 0.3) is 0 Å². The first-order chi connectivity index (χ1) is 8.15. The van der Waals surface area contributed by atoms with Crippen molar-refractivity contribution >= 4 is 12.6 Å². The molecule has 0 radical (unpaired) electrons. The van der Waals surface area contributed by atoms with Gasteiger partial charge in [0.1, 0.15) is 12.6 Å². The number of carbonyl (C=O) groups is 2. The zero-order valence-electron chi connectivity index (χ0n) is 10.6. The van der Waals surface area contributed by atoms with Gasteiger partial charge in [-0.2, -0.15) is 0 Å². The van der Waals surface area contributed by atoms with Gasteiger partial charge in [0, 0.05) is 11.3 Å². The minimum absolute atomic E-state index is 0.0679. The summed E-state index contributed by atoms with van der Waals surface area (Å²) < 4.78 is 0. The highest BCUT2D eigenvalue weighted by Crippen LogP contribution is 2.59. The molecule has 0 aromatic heterocycles. The van der Waals surface area contributed by atoms with E-state index < -0.39 is 0 Å². The van der Waals surface area contributed by atoms with E-state index in [4.69, 9.17) is 0 Å². The normalized spacial score (nSPS) is 52.9. The number of hydrogen-bond donors (Lipinski definition) is 0. The fourth-order valence-corrected chi connectivity index (χ4v) is 5.10. The molecule has 3 saturated carbocycles. The van der Waals surface area contributed by atoms with Gasteiger partial charge in [-0.05, 0) is 62.2 Å². The first kappa shape index (κ1) is 11.4. The van der Waals surface area contributed by atoms with E-state index in [2.05, 4.69) is 6.92 Å². The summed E-state index contributed by atoms with van der Waals surface area (Å²) in [5.74, 6) is 3.35. The summed E-state index contributed by atoms with van der Waals surface area (Å²) in [4.78, 5) is 22.2. The van der Waals surface area contributed by atoms with Crippen LogP contribution in [0.5, 0.6) is 0 Å². The Bertz CT molecular complexity index is 338. The molecule has 2 heteroatoms. The molecule has 2 bridgehead atoms. The topological polar surface area (TPSA) is 34.1 Å². The van der Waals surface area contributed by atoms with Gasteiger partial charge in [0.15, 0.2) is 0 Å². The Morgan fingerprint density at radius 3 is 2.35 bits per heavy atom. The van der Waals surface area contributed by atoms with Gasteiger partial charge in [-0.1, -0.05) is 6.92 Å². The van der Waals surface area contributed by atoms with Crippen LogP contribution >= 0.6 is 0 Å². The Labute approximate surface area is 103 Å². The van der Waals surface area contributed by atoms with Gasteiger partial charge in [0.05, 0.1) is 0 Å². The molecule has 17 heavy (non-hydrogen) atoms. The van der Waals surface area contributed by atoms with Crippen molar-refractivity contribution in [2.45, 2.75) is 45.4 Å². The van der Waals surface area contributed by atoms with Gasteiger partial charge in [-0.25, -0.2) is 0 Å². The summed E-state index contributed by atoms with van der Waals surface area (Å²) in [6.07, 6.45) is 9.27. The molecule has 2 nitrogen and oxygen atoms in total. The Balaban J connectivity index is 1.81. The molecule has 0 aliphatic heterocycles. The predicted octanol–water partition coefficient (Wildman–Crippen LogP) is 2.85. The van der Waals surface area contributed by atoms with E-state index in [1.54, 1.807) is 0 Å². The molecule has 0 heterocycles. The minimum Gasteiger partial charge on any atom is -0.303 e. The van der Waals surface area contributed by atoms with Crippen molar-refractivity contribution in [1.29, 1.82) is 0 Å². The molecule has 0 N–H and O–H groups in total. The highest BCUT2D eigenvalue weighted by atomic mass is 16.1. The van der Waals surface area contributed by atoms with Crippen LogP contribution in [0.2, 0.25) is 0 Å². The SMILES string of the molecule is CC1(C=O)CC2CC(C1)C1CC(C=O)CCC21. The molecule has 0 saturated heterocycles. The Morgan fingerprint density at radius 2 is 1.71 bits per heavy atom. The predicted molar refractivity (Wildman–Crippen MR) is 65.4 cm³/mol. The third kappa shape index (κ3) is 1.76. The summed E-state index contributed by atoms with van der Waals surface area (Å²) in [5.41, 5.74) is -0.0679. The van der Waals surface area contributed by atoms with Crippen LogP contribution in [0.3, 0.4) is 0 Å². The van der Waals surface area contributed by atoms with Crippen LogP contribution in [0, 0.1) is 35.0 Å². The van der Waals surface area contributed by atoms with E-state index in [1.165, 1.54) is 19.1 Å². The minimum atomic E-state index is -0.0679. The first-order valence-corrected chi connectivity index (χ1v) is 7.07. The van der Waals surface area contributed by atoms with Crippen LogP contribution in [0.4, 0.5) is 0 Å². The van der Waals surface area contributed by atoms with Gasteiger partial charge >= 0.3 is 0 Å². The number of aldehydes is 2. The second kappa shape index (κ2) is 3.93. The molecule has 3 rings (SSSR count). The highest BCUT2D eigenvalue weighted by Gasteiger charge is 2.52. The maximum absolute atomic E-state index is 11.3. The van der Waals surface area contributed by atoms with Crippen molar-refractivity contribution in [3.8, 4) is 0 Å². The zero-order valence-corrected chi connectivity index (χ0v) is 10.6. The van der Waals surface area contributed by atoms with Gasteiger partial charge in [-0.3, -0.25) is 0 Å². The van der Waals surface area contributed by atoms with Crippen molar-refractivity contribution in [2.24, 2.45) is 35.0 Å². The summed E-state index contributed by atoms with van der Waals surface area (Å²) in [5, 5.41) is 0. The molecule has 0 aromatic carbocycles. The van der Waals surface area contributed by atoms with Crippen LogP contribution in [-0.2, 0) is 9.59 Å². The fraction of sp³-hybridized carbons (Fsp3) is 0.867. The van der Waals surface area contributed by atoms with E-state index in [0.717, 1.165) is 55.6 Å². The molecule has 3 aliphatic rings. The monoisotopic (exact) mass is 234 g/mol. The van der Waals surface area contributed by atoms with E-state index in [-0.39, 0.29) is 5.41 Å². The van der Waals surface area contributed by atoms with E-state index in [1.807, 2.05) is 0 Å². The average molecular weight is 234 g/mol. The first-order valence-electron chi connectivity index (χ1n) is 7.07. The van der Waals surface area contributed by atoms with E-state index in [0.29, 0.717) is 5.92 Å². The summed E-state index contributed by atoms with van der Waals surface area (Å²) in [6, 6.07) is 0. The van der Waals surface area contributed by atoms with Crippen LogP contribution in [0.25, 0.3) is 0 Å². The number of carbonyl (C=O) groups excluding carboxylic acids is 2. The lowest BCUT2D eigenvalue weighted by Gasteiger charge is -2.33. The lowest BCUT2D eigenvalue weighted by molar-refractivity contribution is -0.118. The Hall–Kier alpha value is -0.660. The quantitative estimate of drug-likeness (QED) is 0.688. The molecule has 6 atom stereocenters. The molecule has 0 aromatic rings. The van der Waals surface area contributed by atoms with E-state index >= 15 is 0 Å². The molecule has 0 spiro atoms. The second-order valence-corrected chi connectivity index (χ2v) is 6.97. The van der Waals surface area contributed by atoms with Crippen LogP contribution in [-0.4, -0.2) is 12.6 Å². The Morgan fingerprint density at radius 1 is 1.00 bits per heavy atom. The molecule has 94 valence electrons. The van der Waals surface area contributed by atoms with Gasteiger partial charge in [-0.15, -0.1) is 0 Å². The van der Waals surface area contributed by atoms with Gasteiger partial charge < -0.3 is 9.59 Å². The molecular weight excluding hydrogens is 212 g/mol. The number of hydrogen-bond acceptors (Lipinski definition) is 2. The van der Waals surface area contributed by atoms with E-state index in [9.17, 15) is 9.59 Å². The van der Waals surface area contributed by atoms with Crippen LogP contribution in [0.15, 0.2) is 0 Å². The second-order valence-electron chi connectivity index (χ2n) is 6.97. The van der Waals surface area contributed by atoms with Crippen LogP contribution < -0.4 is 0 Å². The summed E-state index contributed by atoms with van der Waals surface area (Å²) in [7, 11) is 0. The van der Waals surface area contributed by atoms with Crippen molar-refractivity contribution < 1.29 is 9.59 Å². The summed E-state index contributed by atoms with van der Waals surface area (Å²) in [6.45, 7) is 2.13. The summed E-state index contributed by atoms with van der Waals surface area (Å²) >= 11 is 0. The molecule has 3 aliphatic carbocycles. The number of rotatable bonds is 2. The Kier molecular flexibility index (Phi) is 2.64. The highest BCUT2D eigenvalue weighted by molar-refractivity contribution is 5.59. The van der Waals surface area contributed by atoms with Crippen molar-refractivity contribution in [1.82, 2.24) is 0 Å². The van der Waals surface area contributed by atoms with Crippen LogP contribution in [0.1, 0.15) is 45.4 Å².